The first-order valence-corrected chi connectivity index (χ1v) is 5.36. The van der Waals surface area contributed by atoms with Crippen molar-refractivity contribution in [2.45, 2.75) is 25.9 Å². The van der Waals surface area contributed by atoms with Gasteiger partial charge < -0.3 is 0 Å². The zero-order valence-electron chi connectivity index (χ0n) is 9.55. The summed E-state index contributed by atoms with van der Waals surface area (Å²) in [7, 11) is 0. The maximum Gasteiger partial charge on any atom is 0.433 e. The van der Waals surface area contributed by atoms with E-state index in [-0.39, 0.29) is 0 Å². The molecule has 0 aliphatic heterocycles. The number of nitrogens with zero attached hydrogens (tertiary/aromatic N) is 1. The number of hydrogen-bond acceptors (Lipinski definition) is 1. The largest absolute Gasteiger partial charge is 0.433 e. The quantitative estimate of drug-likeness (QED) is 0.719. The number of fused-ring (bicyclic) bond motifs is 1. The van der Waals surface area contributed by atoms with Crippen molar-refractivity contribution in [1.82, 2.24) is 4.98 Å². The molecule has 17 heavy (non-hydrogen) atoms. The van der Waals surface area contributed by atoms with Crippen molar-refractivity contribution < 1.29 is 13.2 Å². The highest BCUT2D eigenvalue weighted by Gasteiger charge is 2.32. The van der Waals surface area contributed by atoms with Gasteiger partial charge in [-0.25, -0.2) is 4.98 Å². The molecule has 1 aromatic heterocycles. The van der Waals surface area contributed by atoms with Gasteiger partial charge in [0.1, 0.15) is 5.69 Å². The van der Waals surface area contributed by atoms with E-state index in [9.17, 15) is 13.2 Å². The summed E-state index contributed by atoms with van der Waals surface area (Å²) < 4.78 is 37.4. The van der Waals surface area contributed by atoms with Gasteiger partial charge in [-0.3, -0.25) is 0 Å². The van der Waals surface area contributed by atoms with Gasteiger partial charge in [0.15, 0.2) is 0 Å². The molecule has 1 aromatic carbocycles. The van der Waals surface area contributed by atoms with Crippen LogP contribution in [-0.2, 0) is 6.18 Å². The van der Waals surface area contributed by atoms with Crippen LogP contribution in [0, 0.1) is 0 Å². The van der Waals surface area contributed by atoms with Crippen LogP contribution in [0.1, 0.15) is 31.0 Å². The Bertz CT molecular complexity index is 544. The predicted octanol–water partition coefficient (Wildman–Crippen LogP) is 4.38. The zero-order valence-corrected chi connectivity index (χ0v) is 9.55. The predicted molar refractivity (Wildman–Crippen MR) is 60.8 cm³/mol. The van der Waals surface area contributed by atoms with Crippen molar-refractivity contribution >= 4 is 10.9 Å². The average Bonchev–Trinajstić information content (AvgIpc) is 2.26. The molecule has 0 saturated carbocycles. The third-order valence-corrected chi connectivity index (χ3v) is 2.67. The summed E-state index contributed by atoms with van der Waals surface area (Å²) in [6.45, 7) is 4.08. The van der Waals surface area contributed by atoms with Gasteiger partial charge in [-0.05, 0) is 29.7 Å². The summed E-state index contributed by atoms with van der Waals surface area (Å²) in [6, 6.07) is 7.83. The molecular weight excluding hydrogens is 227 g/mol. The van der Waals surface area contributed by atoms with E-state index in [0.29, 0.717) is 11.4 Å². The lowest BCUT2D eigenvalue weighted by molar-refractivity contribution is -0.140. The molecule has 4 heteroatoms. The molecule has 0 N–H and O–H groups in total. The smallest absolute Gasteiger partial charge is 0.243 e. The van der Waals surface area contributed by atoms with Gasteiger partial charge in [-0.1, -0.05) is 26.0 Å². The monoisotopic (exact) mass is 239 g/mol. The topological polar surface area (TPSA) is 12.9 Å². The fourth-order valence-corrected chi connectivity index (χ4v) is 1.66. The Kier molecular flexibility index (Phi) is 2.81. The van der Waals surface area contributed by atoms with Gasteiger partial charge in [0, 0.05) is 5.39 Å². The van der Waals surface area contributed by atoms with Gasteiger partial charge in [-0.15, -0.1) is 0 Å². The van der Waals surface area contributed by atoms with Crippen molar-refractivity contribution in [1.29, 1.82) is 0 Å². The van der Waals surface area contributed by atoms with Crippen molar-refractivity contribution in [2.24, 2.45) is 0 Å². The lowest BCUT2D eigenvalue weighted by Crippen LogP contribution is -2.07. The standard InChI is InChI=1S/C13H12F3N/c1-8(2)9-3-5-11-10(7-9)4-6-12(17-11)13(14,15)16/h3-8H,1-2H3. The zero-order chi connectivity index (χ0) is 12.6. The Labute approximate surface area is 97.3 Å². The number of rotatable bonds is 1. The number of aromatic nitrogens is 1. The van der Waals surface area contributed by atoms with Gasteiger partial charge in [-0.2, -0.15) is 13.2 Å². The maximum absolute atomic E-state index is 12.5. The van der Waals surface area contributed by atoms with E-state index in [4.69, 9.17) is 0 Å². The maximum atomic E-state index is 12.5. The second-order valence-corrected chi connectivity index (χ2v) is 4.30. The van der Waals surface area contributed by atoms with E-state index in [1.807, 2.05) is 26.0 Å². The summed E-state index contributed by atoms with van der Waals surface area (Å²) in [4.78, 5) is 3.62. The molecule has 0 amide bonds. The first-order valence-electron chi connectivity index (χ1n) is 5.36. The van der Waals surface area contributed by atoms with E-state index >= 15 is 0 Å². The molecule has 0 aliphatic rings. The molecule has 0 aliphatic carbocycles. The fourth-order valence-electron chi connectivity index (χ4n) is 1.66. The van der Waals surface area contributed by atoms with Crippen LogP contribution in [0.15, 0.2) is 30.3 Å². The Balaban J connectivity index is 2.54. The van der Waals surface area contributed by atoms with Crippen molar-refractivity contribution in [3.05, 3.63) is 41.6 Å². The van der Waals surface area contributed by atoms with Crippen LogP contribution < -0.4 is 0 Å². The summed E-state index contributed by atoms with van der Waals surface area (Å²) in [5.74, 6) is 0.349. The molecule has 90 valence electrons. The molecule has 0 unspecified atom stereocenters. The molecule has 0 fully saturated rings. The first-order chi connectivity index (χ1) is 7.88. The van der Waals surface area contributed by atoms with Crippen LogP contribution >= 0.6 is 0 Å². The highest BCUT2D eigenvalue weighted by molar-refractivity contribution is 5.79. The molecule has 2 aromatic rings. The van der Waals surface area contributed by atoms with Gasteiger partial charge in [0.25, 0.3) is 0 Å². The highest BCUT2D eigenvalue weighted by atomic mass is 19.4. The number of pyridine rings is 1. The Hall–Kier alpha value is -1.58. The normalized spacial score (nSPS) is 12.4. The van der Waals surface area contributed by atoms with Crippen LogP contribution in [0.5, 0.6) is 0 Å². The van der Waals surface area contributed by atoms with E-state index < -0.39 is 11.9 Å². The number of hydrogen-bond donors (Lipinski definition) is 0. The third kappa shape index (κ3) is 2.40. The molecule has 0 saturated heterocycles. The van der Waals surface area contributed by atoms with Crippen LogP contribution in [0.3, 0.4) is 0 Å². The van der Waals surface area contributed by atoms with Crippen molar-refractivity contribution in [2.75, 3.05) is 0 Å². The lowest BCUT2D eigenvalue weighted by atomic mass is 10.0. The molecular formula is C13H12F3N. The summed E-state index contributed by atoms with van der Waals surface area (Å²) in [5, 5.41) is 0.740. The molecule has 1 nitrogen and oxygen atoms in total. The Morgan fingerprint density at radius 3 is 2.35 bits per heavy atom. The van der Waals surface area contributed by atoms with E-state index in [1.54, 1.807) is 6.07 Å². The number of alkyl halides is 3. The van der Waals surface area contributed by atoms with Crippen molar-refractivity contribution in [3.8, 4) is 0 Å². The molecule has 0 atom stereocenters. The Morgan fingerprint density at radius 2 is 1.76 bits per heavy atom. The first kappa shape index (κ1) is 11.9. The second kappa shape index (κ2) is 4.02. The molecule has 2 rings (SSSR count). The Morgan fingerprint density at radius 1 is 1.06 bits per heavy atom. The highest BCUT2D eigenvalue weighted by Crippen LogP contribution is 2.29. The van der Waals surface area contributed by atoms with Crippen LogP contribution in [0.25, 0.3) is 10.9 Å². The summed E-state index contributed by atoms with van der Waals surface area (Å²) in [6.07, 6.45) is -4.38. The molecule has 0 radical (unpaired) electrons. The van der Waals surface area contributed by atoms with Crippen LogP contribution in [0.4, 0.5) is 13.2 Å². The summed E-state index contributed by atoms with van der Waals surface area (Å²) in [5.41, 5.74) is 0.630. The van der Waals surface area contributed by atoms with Crippen molar-refractivity contribution in [3.63, 3.8) is 0 Å². The SMILES string of the molecule is CC(C)c1ccc2nc(C(F)(F)F)ccc2c1. The van der Waals surface area contributed by atoms with Crippen LogP contribution in [0.2, 0.25) is 0 Å². The minimum Gasteiger partial charge on any atom is -0.243 e. The average molecular weight is 239 g/mol. The molecule has 1 heterocycles. The van der Waals surface area contributed by atoms with Gasteiger partial charge >= 0.3 is 6.18 Å². The van der Waals surface area contributed by atoms with Gasteiger partial charge in [0.2, 0.25) is 0 Å². The second-order valence-electron chi connectivity index (χ2n) is 4.30. The molecule has 0 bridgehead atoms. The van der Waals surface area contributed by atoms with Gasteiger partial charge in [0.05, 0.1) is 5.52 Å². The van der Waals surface area contributed by atoms with Crippen LogP contribution in [-0.4, -0.2) is 4.98 Å². The third-order valence-electron chi connectivity index (χ3n) is 2.67. The lowest BCUT2D eigenvalue weighted by Gasteiger charge is -2.09. The van der Waals surface area contributed by atoms with E-state index in [1.165, 1.54) is 6.07 Å². The van der Waals surface area contributed by atoms with E-state index in [2.05, 4.69) is 4.98 Å². The minimum absolute atomic E-state index is 0.349. The number of halogens is 3. The fraction of sp³-hybridized carbons (Fsp3) is 0.308. The van der Waals surface area contributed by atoms with E-state index in [0.717, 1.165) is 17.0 Å². The minimum atomic E-state index is -4.38. The summed E-state index contributed by atoms with van der Waals surface area (Å²) >= 11 is 0. The molecule has 0 spiro atoms. The number of benzene rings is 1.